The summed E-state index contributed by atoms with van der Waals surface area (Å²) < 4.78 is 9.47. The Bertz CT molecular complexity index is 7130. The summed E-state index contributed by atoms with van der Waals surface area (Å²) in [6, 6.07) is 160. The number of hydrogen-bond acceptors (Lipinski definition) is 2. The van der Waals surface area contributed by atoms with Crippen molar-refractivity contribution in [2.75, 3.05) is 10.2 Å². The van der Waals surface area contributed by atoms with Crippen molar-refractivity contribution in [2.45, 2.75) is 0 Å². The molecule has 22 rings (SSSR count). The molecule has 4 heterocycles. The molecule has 0 unspecified atom stereocenters. The summed E-state index contributed by atoms with van der Waals surface area (Å²) in [5.41, 5.74) is 29.4. The zero-order chi connectivity index (χ0) is 76.5. The van der Waals surface area contributed by atoms with Gasteiger partial charge >= 0.3 is 0 Å². The van der Waals surface area contributed by atoms with E-state index in [0.717, 1.165) is 50.5 Å². The minimum absolute atomic E-state index is 0.754. The van der Waals surface area contributed by atoms with Crippen LogP contribution in [-0.4, -0.2) is 18.3 Å². The maximum Gasteiger partial charge on any atom is 0.0619 e. The van der Waals surface area contributed by atoms with E-state index in [9.17, 15) is 0 Å². The number of nitrogens with one attached hydrogen (secondary N) is 1. The molecule has 0 fully saturated rings. The highest BCUT2D eigenvalue weighted by molar-refractivity contribution is 6.30. The first-order valence-electron chi connectivity index (χ1n) is 39.1. The van der Waals surface area contributed by atoms with E-state index in [2.05, 4.69) is 459 Å². The highest BCUT2D eigenvalue weighted by Gasteiger charge is 2.22. The van der Waals surface area contributed by atoms with Gasteiger partial charge in [-0.3, -0.25) is 0 Å². The standard InChI is InChI=1S/C54H37N3.C30H22N2.C24H16ClN/c1-3-14-38(15-4-1)39-26-30-42(31-27-39)55(44-34-36-45(37-35-44)56-51-23-10-7-18-47(51)48-19-8-11-24-52(48)56)43-32-28-40(29-33-43)46-21-13-22-50-49-20-9-12-25-53(49)57(54(46)50)41-16-5-2-6-17-41;1-2-8-22(9-3-1)23-14-16-24(17-15-23)31-25-18-20-26(21-19-25)32-29-12-6-4-10-27(29)28-11-5-7-13-30(28)32;25-18-15-13-17(14-16-18)20-10-6-11-22-21-9-4-5-12-23(21)26(24(20)22)19-7-2-1-3-8-19/h1-37H;1-21,31H;1-16H. The molecule has 0 saturated carbocycles. The number of anilines is 5. The van der Waals surface area contributed by atoms with Crippen LogP contribution in [0.2, 0.25) is 5.02 Å². The van der Waals surface area contributed by atoms with Crippen LogP contribution in [0.4, 0.5) is 28.4 Å². The van der Waals surface area contributed by atoms with Crippen LogP contribution in [0.15, 0.2) is 449 Å². The average Bonchev–Trinajstić information content (AvgIpc) is 1.61. The molecule has 0 amide bonds. The van der Waals surface area contributed by atoms with Crippen LogP contribution < -0.4 is 10.2 Å². The zero-order valence-corrected chi connectivity index (χ0v) is 63.6. The zero-order valence-electron chi connectivity index (χ0n) is 62.8. The number of halogens is 1. The Kier molecular flexibility index (Phi) is 18.3. The lowest BCUT2D eigenvalue weighted by molar-refractivity contribution is 1.17. The number of hydrogen-bond donors (Lipinski definition) is 1. The van der Waals surface area contributed by atoms with Crippen molar-refractivity contribution in [3.05, 3.63) is 454 Å². The molecule has 22 aromatic rings. The predicted octanol–water partition coefficient (Wildman–Crippen LogP) is 30.0. The summed E-state index contributed by atoms with van der Waals surface area (Å²) in [5, 5.41) is 14.4. The second-order valence-electron chi connectivity index (χ2n) is 29.0. The topological polar surface area (TPSA) is 35.0 Å². The Hall–Kier alpha value is -15.0. The first-order valence-corrected chi connectivity index (χ1v) is 39.4. The van der Waals surface area contributed by atoms with Gasteiger partial charge < -0.3 is 28.5 Å². The largest absolute Gasteiger partial charge is 0.356 e. The first-order chi connectivity index (χ1) is 57.0. The Morgan fingerprint density at radius 2 is 0.426 bits per heavy atom. The molecule has 0 bridgehead atoms. The predicted molar refractivity (Wildman–Crippen MR) is 488 cm³/mol. The Balaban J connectivity index is 0.000000124. The molecule has 0 radical (unpaired) electrons. The number of nitrogens with zero attached hydrogens (tertiary/aromatic N) is 5. The van der Waals surface area contributed by atoms with E-state index in [-0.39, 0.29) is 0 Å². The third-order valence-corrected chi connectivity index (χ3v) is 22.4. The lowest BCUT2D eigenvalue weighted by atomic mass is 10.0. The molecule has 4 aromatic heterocycles. The number of aromatic nitrogens is 4. The van der Waals surface area contributed by atoms with Gasteiger partial charge in [0.05, 0.1) is 44.1 Å². The summed E-state index contributed by atoms with van der Waals surface area (Å²) >= 11 is 6.10. The van der Waals surface area contributed by atoms with E-state index in [4.69, 9.17) is 11.6 Å². The second-order valence-corrected chi connectivity index (χ2v) is 29.4. The molecular formula is C108H75ClN6. The fraction of sp³-hybridized carbons (Fsp3) is 0. The van der Waals surface area contributed by atoms with E-state index in [1.54, 1.807) is 0 Å². The van der Waals surface area contributed by atoms with Crippen molar-refractivity contribution in [1.29, 1.82) is 0 Å². The second kappa shape index (κ2) is 30.4. The van der Waals surface area contributed by atoms with Gasteiger partial charge in [-0.05, 0) is 191 Å². The lowest BCUT2D eigenvalue weighted by Gasteiger charge is -2.26. The third kappa shape index (κ3) is 13.1. The summed E-state index contributed by atoms with van der Waals surface area (Å²) in [4.78, 5) is 2.36. The van der Waals surface area contributed by atoms with Crippen LogP contribution >= 0.6 is 11.6 Å². The normalized spacial score (nSPS) is 11.3. The molecule has 0 aliphatic rings. The third-order valence-electron chi connectivity index (χ3n) is 22.2. The minimum atomic E-state index is 0.754. The van der Waals surface area contributed by atoms with Crippen molar-refractivity contribution < 1.29 is 0 Å². The summed E-state index contributed by atoms with van der Waals surface area (Å²) in [5.74, 6) is 0. The monoisotopic (exact) mass is 1490 g/mol. The molecular weight excluding hydrogens is 1420 g/mol. The van der Waals surface area contributed by atoms with Gasteiger partial charge in [0.2, 0.25) is 0 Å². The Labute approximate surface area is 672 Å². The minimum Gasteiger partial charge on any atom is -0.356 e. The Morgan fingerprint density at radius 1 is 0.183 bits per heavy atom. The van der Waals surface area contributed by atoms with Gasteiger partial charge in [-0.1, -0.05) is 303 Å². The molecule has 544 valence electrons. The smallest absolute Gasteiger partial charge is 0.0619 e. The number of rotatable bonds is 13. The summed E-state index contributed by atoms with van der Waals surface area (Å²) in [6.07, 6.45) is 0. The van der Waals surface area contributed by atoms with Crippen LogP contribution in [0.1, 0.15) is 0 Å². The van der Waals surface area contributed by atoms with Gasteiger partial charge in [-0.15, -0.1) is 0 Å². The molecule has 7 heteroatoms. The van der Waals surface area contributed by atoms with Crippen LogP contribution in [0.5, 0.6) is 0 Å². The fourth-order valence-electron chi connectivity index (χ4n) is 16.9. The highest BCUT2D eigenvalue weighted by atomic mass is 35.5. The van der Waals surface area contributed by atoms with Gasteiger partial charge in [0.1, 0.15) is 0 Å². The van der Waals surface area contributed by atoms with E-state index < -0.39 is 0 Å². The number of fused-ring (bicyclic) bond motifs is 12. The summed E-state index contributed by atoms with van der Waals surface area (Å²) in [7, 11) is 0. The van der Waals surface area contributed by atoms with E-state index >= 15 is 0 Å². The van der Waals surface area contributed by atoms with Crippen molar-refractivity contribution in [3.8, 4) is 67.3 Å². The van der Waals surface area contributed by atoms with Gasteiger partial charge in [0.25, 0.3) is 0 Å². The van der Waals surface area contributed by atoms with E-state index in [0.29, 0.717) is 0 Å². The maximum absolute atomic E-state index is 6.10. The summed E-state index contributed by atoms with van der Waals surface area (Å²) in [6.45, 7) is 0. The molecule has 1 N–H and O–H groups in total. The van der Waals surface area contributed by atoms with Gasteiger partial charge in [0, 0.05) is 110 Å². The van der Waals surface area contributed by atoms with Crippen LogP contribution in [-0.2, 0) is 0 Å². The van der Waals surface area contributed by atoms with Crippen molar-refractivity contribution in [3.63, 3.8) is 0 Å². The van der Waals surface area contributed by atoms with Crippen LogP contribution in [0.3, 0.4) is 0 Å². The van der Waals surface area contributed by atoms with Crippen molar-refractivity contribution >= 4 is 127 Å². The number of para-hydroxylation sites is 10. The van der Waals surface area contributed by atoms with E-state index in [1.807, 2.05) is 18.2 Å². The first kappa shape index (κ1) is 69.3. The molecule has 115 heavy (non-hydrogen) atoms. The van der Waals surface area contributed by atoms with Gasteiger partial charge in [-0.25, -0.2) is 0 Å². The fourth-order valence-corrected chi connectivity index (χ4v) is 17.0. The molecule has 6 nitrogen and oxygen atoms in total. The van der Waals surface area contributed by atoms with Crippen LogP contribution in [0, 0.1) is 0 Å². The van der Waals surface area contributed by atoms with Crippen LogP contribution in [0.25, 0.3) is 154 Å². The molecule has 0 atom stereocenters. The van der Waals surface area contributed by atoms with Crippen molar-refractivity contribution in [1.82, 2.24) is 18.3 Å². The molecule has 0 spiro atoms. The molecule has 0 aliphatic carbocycles. The lowest BCUT2D eigenvalue weighted by Crippen LogP contribution is -2.10. The SMILES string of the molecule is Clc1ccc(-c2cccc3c4ccccc4n(-c4ccccc4)c23)cc1.c1ccc(-c2ccc(N(c3ccc(-c4cccc5c6ccccc6n(-c6ccccc6)c45)cc3)c3ccc(-n4c5ccccc5c5ccccc54)cc3)cc2)cc1.c1ccc(-c2ccc(Nc3ccc(-n4c5ccccc5c5ccccc54)cc3)cc2)cc1. The molecule has 0 aliphatic heterocycles. The van der Waals surface area contributed by atoms with Gasteiger partial charge in [-0.2, -0.15) is 0 Å². The number of benzene rings is 18. The quantitative estimate of drug-likeness (QED) is 0.125. The average molecular weight is 1490 g/mol. The van der Waals surface area contributed by atoms with Gasteiger partial charge in [0.15, 0.2) is 0 Å². The Morgan fingerprint density at radius 3 is 0.791 bits per heavy atom. The maximum atomic E-state index is 6.10. The van der Waals surface area contributed by atoms with Crippen molar-refractivity contribution in [2.24, 2.45) is 0 Å². The highest BCUT2D eigenvalue weighted by Crippen LogP contribution is 2.44. The molecule has 18 aromatic carbocycles. The molecule has 0 saturated heterocycles. The van der Waals surface area contributed by atoms with E-state index in [1.165, 1.54) is 137 Å².